The lowest BCUT2D eigenvalue weighted by Gasteiger charge is -2.28. The van der Waals surface area contributed by atoms with Crippen molar-refractivity contribution in [1.82, 2.24) is 24.7 Å². The third-order valence-corrected chi connectivity index (χ3v) is 6.62. The molecule has 1 aliphatic heterocycles. The summed E-state index contributed by atoms with van der Waals surface area (Å²) in [4.78, 5) is 42.0. The van der Waals surface area contributed by atoms with E-state index in [0.717, 1.165) is 29.9 Å². The summed E-state index contributed by atoms with van der Waals surface area (Å²) in [6.07, 6.45) is 1.01. The van der Waals surface area contributed by atoms with E-state index in [9.17, 15) is 14.4 Å². The number of nitrogens with zero attached hydrogens (tertiary/aromatic N) is 3. The molecule has 4 rings (SSSR count). The van der Waals surface area contributed by atoms with Crippen LogP contribution in [0.1, 0.15) is 42.7 Å². The number of aryl methyl sites for hydroxylation is 1. The molecule has 0 unspecified atom stereocenters. The zero-order chi connectivity index (χ0) is 26.4. The smallest absolute Gasteiger partial charge is 0.333 e. The van der Waals surface area contributed by atoms with Crippen LogP contribution in [0.4, 0.5) is 0 Å². The van der Waals surface area contributed by atoms with E-state index in [4.69, 9.17) is 0 Å². The SMILES string of the molecule is Cc1ccccc1-n1c(-c2ccccc2)c(C(=O)N2CCNCC2)n(CCCNC(=O)CC(C)C)c1=O. The maximum atomic E-state index is 14.1. The van der Waals surface area contributed by atoms with Crippen LogP contribution in [-0.4, -0.2) is 58.6 Å². The van der Waals surface area contributed by atoms with E-state index >= 15 is 0 Å². The number of aromatic nitrogens is 2. The average molecular weight is 504 g/mol. The first-order valence-corrected chi connectivity index (χ1v) is 13.1. The van der Waals surface area contributed by atoms with Gasteiger partial charge >= 0.3 is 5.69 Å². The Kier molecular flexibility index (Phi) is 8.61. The van der Waals surface area contributed by atoms with Crippen molar-refractivity contribution in [3.63, 3.8) is 0 Å². The number of piperazine rings is 1. The van der Waals surface area contributed by atoms with Crippen LogP contribution in [0.3, 0.4) is 0 Å². The number of carbonyl (C=O) groups is 2. The number of para-hydroxylation sites is 1. The largest absolute Gasteiger partial charge is 0.356 e. The second kappa shape index (κ2) is 12.1. The summed E-state index contributed by atoms with van der Waals surface area (Å²) in [6.45, 7) is 9.36. The molecule has 1 saturated heterocycles. The summed E-state index contributed by atoms with van der Waals surface area (Å²) in [7, 11) is 0. The number of imidazole rings is 1. The fraction of sp³-hybridized carbons (Fsp3) is 0.414. The first-order valence-electron chi connectivity index (χ1n) is 13.1. The average Bonchev–Trinajstić information content (AvgIpc) is 3.18. The maximum Gasteiger partial charge on any atom is 0.333 e. The summed E-state index contributed by atoms with van der Waals surface area (Å²) >= 11 is 0. The zero-order valence-corrected chi connectivity index (χ0v) is 22.0. The number of hydrogen-bond acceptors (Lipinski definition) is 4. The van der Waals surface area contributed by atoms with Crippen LogP contribution in [0.15, 0.2) is 59.4 Å². The first-order chi connectivity index (χ1) is 17.9. The lowest BCUT2D eigenvalue weighted by atomic mass is 10.1. The predicted octanol–water partition coefficient (Wildman–Crippen LogP) is 3.21. The number of carbonyl (C=O) groups excluding carboxylic acids is 2. The van der Waals surface area contributed by atoms with Crippen LogP contribution in [0.2, 0.25) is 0 Å². The second-order valence-corrected chi connectivity index (χ2v) is 9.96. The van der Waals surface area contributed by atoms with Crippen molar-refractivity contribution in [2.75, 3.05) is 32.7 Å². The van der Waals surface area contributed by atoms with Crippen molar-refractivity contribution in [3.8, 4) is 16.9 Å². The molecule has 2 amide bonds. The highest BCUT2D eigenvalue weighted by atomic mass is 16.2. The molecule has 2 N–H and O–H groups in total. The summed E-state index contributed by atoms with van der Waals surface area (Å²) in [5.41, 5.74) is 3.26. The monoisotopic (exact) mass is 503 g/mol. The highest BCUT2D eigenvalue weighted by Gasteiger charge is 2.31. The topological polar surface area (TPSA) is 88.4 Å². The minimum absolute atomic E-state index is 0.00178. The fourth-order valence-electron chi connectivity index (χ4n) is 4.80. The van der Waals surface area contributed by atoms with E-state index in [2.05, 4.69) is 10.6 Å². The maximum absolute atomic E-state index is 14.1. The van der Waals surface area contributed by atoms with Crippen LogP contribution in [0.5, 0.6) is 0 Å². The number of amides is 2. The Bertz CT molecular complexity index is 1290. The van der Waals surface area contributed by atoms with Crippen molar-refractivity contribution < 1.29 is 9.59 Å². The van der Waals surface area contributed by atoms with Crippen LogP contribution in [0.25, 0.3) is 16.9 Å². The molecule has 0 saturated carbocycles. The van der Waals surface area contributed by atoms with Gasteiger partial charge < -0.3 is 15.5 Å². The Morgan fingerprint density at radius 2 is 1.68 bits per heavy atom. The van der Waals surface area contributed by atoms with Crippen LogP contribution < -0.4 is 16.3 Å². The molecule has 3 aromatic rings. The summed E-state index contributed by atoms with van der Waals surface area (Å²) < 4.78 is 3.28. The molecule has 0 aliphatic carbocycles. The molecule has 8 nitrogen and oxygen atoms in total. The van der Waals surface area contributed by atoms with Gasteiger partial charge in [0, 0.05) is 51.3 Å². The van der Waals surface area contributed by atoms with E-state index < -0.39 is 0 Å². The predicted molar refractivity (Wildman–Crippen MR) is 146 cm³/mol. The Morgan fingerprint density at radius 1 is 1.00 bits per heavy atom. The lowest BCUT2D eigenvalue weighted by Crippen LogP contribution is -2.47. The van der Waals surface area contributed by atoms with Gasteiger partial charge in [-0.2, -0.15) is 0 Å². The lowest BCUT2D eigenvalue weighted by molar-refractivity contribution is -0.121. The molecule has 0 spiro atoms. The summed E-state index contributed by atoms with van der Waals surface area (Å²) in [5.74, 6) is 0.137. The molecule has 2 aromatic carbocycles. The van der Waals surface area contributed by atoms with Crippen LogP contribution in [0, 0.1) is 12.8 Å². The number of hydrogen-bond donors (Lipinski definition) is 2. The summed E-state index contributed by atoms with van der Waals surface area (Å²) in [5, 5.41) is 6.23. The molecular formula is C29H37N5O3. The normalized spacial score (nSPS) is 13.7. The fourth-order valence-corrected chi connectivity index (χ4v) is 4.80. The molecule has 0 atom stereocenters. The third-order valence-electron chi connectivity index (χ3n) is 6.62. The van der Waals surface area contributed by atoms with Gasteiger partial charge in [-0.05, 0) is 30.9 Å². The van der Waals surface area contributed by atoms with E-state index in [0.29, 0.717) is 50.4 Å². The van der Waals surface area contributed by atoms with Gasteiger partial charge in [0.2, 0.25) is 5.91 Å². The molecule has 2 heterocycles. The van der Waals surface area contributed by atoms with E-state index in [1.54, 1.807) is 9.13 Å². The van der Waals surface area contributed by atoms with Gasteiger partial charge in [-0.3, -0.25) is 18.7 Å². The zero-order valence-electron chi connectivity index (χ0n) is 22.0. The molecule has 1 fully saturated rings. The Balaban J connectivity index is 1.81. The minimum atomic E-state index is -0.250. The van der Waals surface area contributed by atoms with Crippen LogP contribution >= 0.6 is 0 Å². The van der Waals surface area contributed by atoms with Gasteiger partial charge in [0.05, 0.1) is 11.4 Å². The Morgan fingerprint density at radius 3 is 2.35 bits per heavy atom. The molecule has 196 valence electrons. The van der Waals surface area contributed by atoms with Gasteiger partial charge in [0.25, 0.3) is 5.91 Å². The number of benzene rings is 2. The first kappa shape index (κ1) is 26.4. The van der Waals surface area contributed by atoms with Crippen molar-refractivity contribution in [3.05, 3.63) is 76.3 Å². The van der Waals surface area contributed by atoms with Crippen molar-refractivity contribution in [1.29, 1.82) is 0 Å². The van der Waals surface area contributed by atoms with Gasteiger partial charge in [0.1, 0.15) is 5.69 Å². The summed E-state index contributed by atoms with van der Waals surface area (Å²) in [6, 6.07) is 17.4. The van der Waals surface area contributed by atoms with Crippen LogP contribution in [-0.2, 0) is 11.3 Å². The standard InChI is InChI=1S/C29H37N5O3/c1-21(2)20-25(35)31-14-9-17-33-27(28(36)32-18-15-30-16-19-32)26(23-11-5-4-6-12-23)34(29(33)37)24-13-8-7-10-22(24)3/h4-8,10-13,21,30H,9,14-20H2,1-3H3,(H,31,35). The van der Waals surface area contributed by atoms with Crippen molar-refractivity contribution in [2.24, 2.45) is 5.92 Å². The molecule has 0 bridgehead atoms. The van der Waals surface area contributed by atoms with E-state index in [1.807, 2.05) is 80.3 Å². The van der Waals surface area contributed by atoms with Gasteiger partial charge in [-0.15, -0.1) is 0 Å². The third kappa shape index (κ3) is 6.02. The van der Waals surface area contributed by atoms with Gasteiger partial charge in [0.15, 0.2) is 0 Å². The number of rotatable bonds is 9. The Labute approximate surface area is 218 Å². The Hall–Kier alpha value is -3.65. The van der Waals surface area contributed by atoms with Crippen molar-refractivity contribution in [2.45, 2.75) is 40.2 Å². The quantitative estimate of drug-likeness (QED) is 0.439. The number of nitrogens with one attached hydrogen (secondary N) is 2. The molecule has 37 heavy (non-hydrogen) atoms. The highest BCUT2D eigenvalue weighted by Crippen LogP contribution is 2.29. The molecular weight excluding hydrogens is 466 g/mol. The molecule has 8 heteroatoms. The van der Waals surface area contributed by atoms with E-state index in [-0.39, 0.29) is 23.4 Å². The minimum Gasteiger partial charge on any atom is -0.356 e. The highest BCUT2D eigenvalue weighted by molar-refractivity contribution is 5.99. The van der Waals surface area contributed by atoms with Gasteiger partial charge in [-0.1, -0.05) is 62.4 Å². The second-order valence-electron chi connectivity index (χ2n) is 9.96. The molecule has 1 aliphatic rings. The molecule has 0 radical (unpaired) electrons. The van der Waals surface area contributed by atoms with E-state index in [1.165, 1.54) is 0 Å². The molecule has 1 aromatic heterocycles. The van der Waals surface area contributed by atoms with Crippen molar-refractivity contribution >= 4 is 11.8 Å². The van der Waals surface area contributed by atoms with Gasteiger partial charge in [-0.25, -0.2) is 4.79 Å².